The summed E-state index contributed by atoms with van der Waals surface area (Å²) in [7, 11) is 0. The number of rotatable bonds is 5. The summed E-state index contributed by atoms with van der Waals surface area (Å²) in [5.41, 5.74) is 12.5. The van der Waals surface area contributed by atoms with Crippen molar-refractivity contribution in [2.24, 2.45) is 0 Å². The number of nitrogens with zero attached hydrogens (tertiary/aromatic N) is 4. The molecule has 0 N–H and O–H groups in total. The third-order valence-corrected chi connectivity index (χ3v) is 10.5. The Hall–Kier alpha value is -7.37. The molecule has 0 aliphatic carbocycles. The summed E-state index contributed by atoms with van der Waals surface area (Å²) in [5.74, 6) is 1.90. The van der Waals surface area contributed by atoms with Gasteiger partial charge in [-0.05, 0) is 58.5 Å². The van der Waals surface area contributed by atoms with Crippen molar-refractivity contribution in [3.63, 3.8) is 0 Å². The highest BCUT2D eigenvalue weighted by Gasteiger charge is 2.30. The molecule has 54 heavy (non-hydrogen) atoms. The van der Waals surface area contributed by atoms with Gasteiger partial charge in [-0.25, -0.2) is 15.0 Å². The molecule has 2 aromatic heterocycles. The average Bonchev–Trinajstić information content (AvgIpc) is 3.62. The normalized spacial score (nSPS) is 12.0. The topological polar surface area (TPSA) is 55.1 Å². The first-order valence-electron chi connectivity index (χ1n) is 18.1. The van der Waals surface area contributed by atoms with Crippen LogP contribution in [0.25, 0.3) is 89.1 Å². The molecule has 5 heteroatoms. The highest BCUT2D eigenvalue weighted by molar-refractivity contribution is 6.19. The Balaban J connectivity index is 1.19. The molecule has 1 aliphatic heterocycles. The maximum absolute atomic E-state index is 6.43. The smallest absolute Gasteiger partial charge is 0.164 e. The van der Waals surface area contributed by atoms with E-state index >= 15 is 0 Å². The van der Waals surface area contributed by atoms with E-state index in [1.807, 2.05) is 72.8 Å². The van der Waals surface area contributed by atoms with Crippen LogP contribution in [0.5, 0.6) is 0 Å². The molecule has 252 valence electrons. The van der Waals surface area contributed by atoms with Gasteiger partial charge in [-0.15, -0.1) is 0 Å². The van der Waals surface area contributed by atoms with Crippen molar-refractivity contribution in [1.29, 1.82) is 0 Å². The lowest BCUT2D eigenvalue weighted by atomic mass is 9.85. The van der Waals surface area contributed by atoms with Gasteiger partial charge in [0.15, 0.2) is 17.5 Å². The molecule has 0 bridgehead atoms. The number of hydrogen-bond acceptors (Lipinski definition) is 5. The Morgan fingerprint density at radius 3 is 1.70 bits per heavy atom. The van der Waals surface area contributed by atoms with Gasteiger partial charge in [0.1, 0.15) is 11.2 Å². The zero-order chi connectivity index (χ0) is 35.6. The third kappa shape index (κ3) is 4.76. The number of furan rings is 1. The fraction of sp³-hybridized carbons (Fsp3) is 0. The lowest BCUT2D eigenvalue weighted by Gasteiger charge is -2.35. The molecule has 0 radical (unpaired) electrons. The van der Waals surface area contributed by atoms with E-state index in [1.165, 1.54) is 16.7 Å². The summed E-state index contributed by atoms with van der Waals surface area (Å²) in [5, 5.41) is 4.42. The minimum atomic E-state index is 0.629. The van der Waals surface area contributed by atoms with Crippen LogP contribution in [0, 0.1) is 0 Å². The molecule has 0 spiro atoms. The zero-order valence-electron chi connectivity index (χ0n) is 29.0. The van der Waals surface area contributed by atoms with E-state index in [0.29, 0.717) is 17.5 Å². The molecule has 0 amide bonds. The molecule has 0 atom stereocenters. The van der Waals surface area contributed by atoms with Crippen molar-refractivity contribution in [2.75, 3.05) is 4.90 Å². The second-order valence-electron chi connectivity index (χ2n) is 13.6. The van der Waals surface area contributed by atoms with Crippen LogP contribution < -0.4 is 4.90 Å². The summed E-state index contributed by atoms with van der Waals surface area (Å²) in [6.07, 6.45) is 0. The first kappa shape index (κ1) is 30.3. The quantitative estimate of drug-likeness (QED) is 0.180. The van der Waals surface area contributed by atoms with Gasteiger partial charge >= 0.3 is 0 Å². The lowest BCUT2D eigenvalue weighted by molar-refractivity contribution is 0.669. The molecular weight excluding hydrogens is 661 g/mol. The van der Waals surface area contributed by atoms with Crippen molar-refractivity contribution in [3.05, 3.63) is 182 Å². The molecule has 11 rings (SSSR count). The molecule has 3 heterocycles. The third-order valence-electron chi connectivity index (χ3n) is 10.5. The summed E-state index contributed by atoms with van der Waals surface area (Å²) in [6, 6.07) is 63.3. The molecule has 8 aromatic carbocycles. The lowest BCUT2D eigenvalue weighted by Crippen LogP contribution is -2.16. The number of fused-ring (bicyclic) bond motifs is 5. The van der Waals surface area contributed by atoms with Crippen LogP contribution in [-0.2, 0) is 0 Å². The van der Waals surface area contributed by atoms with Gasteiger partial charge in [0.05, 0.1) is 11.4 Å². The van der Waals surface area contributed by atoms with Crippen molar-refractivity contribution in [2.45, 2.75) is 0 Å². The highest BCUT2D eigenvalue weighted by atomic mass is 16.3. The fourth-order valence-electron chi connectivity index (χ4n) is 8.04. The van der Waals surface area contributed by atoms with E-state index in [2.05, 4.69) is 114 Å². The van der Waals surface area contributed by atoms with E-state index < -0.39 is 0 Å². The minimum absolute atomic E-state index is 0.629. The van der Waals surface area contributed by atoms with E-state index in [0.717, 1.165) is 72.0 Å². The highest BCUT2D eigenvalue weighted by Crippen LogP contribution is 2.55. The van der Waals surface area contributed by atoms with Crippen LogP contribution in [0.4, 0.5) is 17.1 Å². The maximum Gasteiger partial charge on any atom is 0.164 e. The molecule has 10 aromatic rings. The SMILES string of the molecule is c1ccc(-c2nc(-c3ccccc3)nc(-c3ccc4c5c(cccc35)-c3c(-c5ccccc5)cccc3N4c3ccc4c(c3)oc3ccccc34)n2)cc1. The molecular formula is C49H30N4O. The second-order valence-corrected chi connectivity index (χ2v) is 13.6. The van der Waals surface area contributed by atoms with Crippen LogP contribution in [0.1, 0.15) is 0 Å². The zero-order valence-corrected chi connectivity index (χ0v) is 29.0. The average molecular weight is 691 g/mol. The fourth-order valence-corrected chi connectivity index (χ4v) is 8.04. The Morgan fingerprint density at radius 1 is 0.370 bits per heavy atom. The summed E-state index contributed by atoms with van der Waals surface area (Å²) < 4.78 is 6.43. The van der Waals surface area contributed by atoms with Gasteiger partial charge in [-0.3, -0.25) is 0 Å². The number of hydrogen-bond donors (Lipinski definition) is 0. The van der Waals surface area contributed by atoms with Crippen LogP contribution in [0.3, 0.4) is 0 Å². The van der Waals surface area contributed by atoms with E-state index in [-0.39, 0.29) is 0 Å². The Bertz CT molecular complexity index is 2990. The Kier molecular flexibility index (Phi) is 6.79. The van der Waals surface area contributed by atoms with Gasteiger partial charge in [-0.1, -0.05) is 140 Å². The van der Waals surface area contributed by atoms with Crippen molar-refractivity contribution < 1.29 is 4.42 Å². The van der Waals surface area contributed by atoms with E-state index in [4.69, 9.17) is 19.4 Å². The van der Waals surface area contributed by atoms with Crippen molar-refractivity contribution >= 4 is 49.8 Å². The van der Waals surface area contributed by atoms with E-state index in [1.54, 1.807) is 0 Å². The predicted octanol–water partition coefficient (Wildman–Crippen LogP) is 13.0. The van der Waals surface area contributed by atoms with Crippen molar-refractivity contribution in [1.82, 2.24) is 15.0 Å². The van der Waals surface area contributed by atoms with Gasteiger partial charge in [0.25, 0.3) is 0 Å². The number of para-hydroxylation sites is 1. The van der Waals surface area contributed by atoms with Crippen LogP contribution in [0.2, 0.25) is 0 Å². The predicted molar refractivity (Wildman–Crippen MR) is 220 cm³/mol. The summed E-state index contributed by atoms with van der Waals surface area (Å²) >= 11 is 0. The molecule has 0 saturated carbocycles. The van der Waals surface area contributed by atoms with Crippen LogP contribution in [-0.4, -0.2) is 15.0 Å². The molecule has 0 saturated heterocycles. The van der Waals surface area contributed by atoms with Gasteiger partial charge in [-0.2, -0.15) is 0 Å². The molecule has 0 unspecified atom stereocenters. The largest absolute Gasteiger partial charge is 0.456 e. The van der Waals surface area contributed by atoms with Crippen molar-refractivity contribution in [3.8, 4) is 56.4 Å². The minimum Gasteiger partial charge on any atom is -0.456 e. The van der Waals surface area contributed by atoms with E-state index in [9.17, 15) is 0 Å². The molecule has 5 nitrogen and oxygen atoms in total. The molecule has 0 fully saturated rings. The number of aromatic nitrogens is 3. The van der Waals surface area contributed by atoms with Gasteiger partial charge in [0, 0.05) is 50.2 Å². The second kappa shape index (κ2) is 12.1. The molecule has 1 aliphatic rings. The van der Waals surface area contributed by atoms with Gasteiger partial charge in [0.2, 0.25) is 0 Å². The Labute approximate surface area is 311 Å². The number of benzene rings is 8. The summed E-state index contributed by atoms with van der Waals surface area (Å²) in [4.78, 5) is 17.6. The maximum atomic E-state index is 6.43. The number of anilines is 3. The van der Waals surface area contributed by atoms with Crippen LogP contribution in [0.15, 0.2) is 186 Å². The Morgan fingerprint density at radius 2 is 0.963 bits per heavy atom. The standard InChI is InChI=1S/C49H30N4O/c1-4-14-31(15-5-1)35-21-13-24-41-45(35)40-23-12-22-38-39(49-51-47(32-16-6-2-7-17-32)50-48(52-49)33-18-8-3-9-19-33)28-29-42(46(38)40)53(41)34-26-27-37-36-20-10-11-25-43(36)54-44(37)30-34/h1-30H. The first-order valence-corrected chi connectivity index (χ1v) is 18.1. The van der Waals surface area contributed by atoms with Gasteiger partial charge < -0.3 is 9.32 Å². The monoisotopic (exact) mass is 690 g/mol. The van der Waals surface area contributed by atoms with Crippen LogP contribution >= 0.6 is 0 Å². The first-order chi connectivity index (χ1) is 26.8. The summed E-state index contributed by atoms with van der Waals surface area (Å²) in [6.45, 7) is 0.